The molecule has 0 fully saturated rings. The predicted octanol–water partition coefficient (Wildman–Crippen LogP) is 1.02. The summed E-state index contributed by atoms with van der Waals surface area (Å²) < 4.78 is 0. The van der Waals surface area contributed by atoms with Crippen molar-refractivity contribution in [2.75, 3.05) is 7.05 Å². The highest BCUT2D eigenvalue weighted by atomic mass is 14.9. The fraction of sp³-hybridized carbons (Fsp3) is 0.556. The van der Waals surface area contributed by atoms with Crippen LogP contribution in [0.4, 0.5) is 0 Å². The van der Waals surface area contributed by atoms with Crippen molar-refractivity contribution in [1.82, 2.24) is 15.3 Å². The lowest BCUT2D eigenvalue weighted by molar-refractivity contribution is 0.537. The molecule has 0 saturated carbocycles. The molecule has 12 heavy (non-hydrogen) atoms. The number of nitrogens with one attached hydrogen (secondary N) is 1. The molecular formula is C9H15N3. The largest absolute Gasteiger partial charge is 0.317 e. The molecule has 0 saturated heterocycles. The van der Waals surface area contributed by atoms with Crippen molar-refractivity contribution in [1.29, 1.82) is 0 Å². The van der Waals surface area contributed by atoms with Crippen LogP contribution in [0, 0.1) is 0 Å². The average molecular weight is 165 g/mol. The van der Waals surface area contributed by atoms with Gasteiger partial charge in [0, 0.05) is 24.4 Å². The third kappa shape index (κ3) is 2.58. The zero-order valence-corrected chi connectivity index (χ0v) is 7.62. The summed E-state index contributed by atoms with van der Waals surface area (Å²) in [5.41, 5.74) is 1.10. The number of likely N-dealkylation sites (N-methyl/N-ethyl adjacent to an activating group) is 1. The minimum Gasteiger partial charge on any atom is -0.317 e. The van der Waals surface area contributed by atoms with Crippen LogP contribution in [0.1, 0.15) is 19.0 Å². The number of hydrogen-bond donors (Lipinski definition) is 1. The maximum atomic E-state index is 4.16. The predicted molar refractivity (Wildman–Crippen MR) is 48.9 cm³/mol. The van der Waals surface area contributed by atoms with Gasteiger partial charge < -0.3 is 5.32 Å². The first-order valence-electron chi connectivity index (χ1n) is 4.29. The lowest BCUT2D eigenvalue weighted by atomic mass is 10.1. The molecule has 0 aliphatic carbocycles. The highest BCUT2D eigenvalue weighted by Gasteiger charge is 2.03. The first-order chi connectivity index (χ1) is 5.86. The summed E-state index contributed by atoms with van der Waals surface area (Å²) >= 11 is 0. The van der Waals surface area contributed by atoms with Gasteiger partial charge >= 0.3 is 0 Å². The van der Waals surface area contributed by atoms with Gasteiger partial charge in [-0.15, -0.1) is 0 Å². The van der Waals surface area contributed by atoms with Crippen molar-refractivity contribution in [3.05, 3.63) is 24.3 Å². The number of aromatic nitrogens is 2. The molecule has 3 heteroatoms. The Bertz CT molecular complexity index is 206. The van der Waals surface area contributed by atoms with E-state index in [0.717, 1.165) is 18.5 Å². The fourth-order valence-electron chi connectivity index (χ4n) is 1.14. The number of rotatable bonds is 4. The van der Waals surface area contributed by atoms with Crippen LogP contribution >= 0.6 is 0 Å². The maximum Gasteiger partial charge on any atom is 0.115 e. The van der Waals surface area contributed by atoms with E-state index in [1.54, 1.807) is 12.5 Å². The van der Waals surface area contributed by atoms with Crippen LogP contribution in [0.3, 0.4) is 0 Å². The van der Waals surface area contributed by atoms with Crippen LogP contribution in [-0.2, 0) is 6.42 Å². The van der Waals surface area contributed by atoms with Crippen molar-refractivity contribution in [2.24, 2.45) is 0 Å². The Kier molecular flexibility index (Phi) is 3.67. The molecule has 1 aromatic heterocycles. The van der Waals surface area contributed by atoms with Crippen LogP contribution in [0.2, 0.25) is 0 Å². The van der Waals surface area contributed by atoms with E-state index in [0.29, 0.717) is 6.04 Å². The Morgan fingerprint density at radius 1 is 1.58 bits per heavy atom. The minimum atomic E-state index is 0.528. The molecule has 0 bridgehead atoms. The van der Waals surface area contributed by atoms with Crippen molar-refractivity contribution in [2.45, 2.75) is 25.8 Å². The van der Waals surface area contributed by atoms with Crippen LogP contribution in [0.25, 0.3) is 0 Å². The molecule has 0 aromatic carbocycles. The lowest BCUT2D eigenvalue weighted by Crippen LogP contribution is -2.26. The Morgan fingerprint density at radius 3 is 2.92 bits per heavy atom. The molecule has 1 aromatic rings. The van der Waals surface area contributed by atoms with E-state index in [-0.39, 0.29) is 0 Å². The van der Waals surface area contributed by atoms with Gasteiger partial charge in [0.1, 0.15) is 6.33 Å². The van der Waals surface area contributed by atoms with E-state index in [4.69, 9.17) is 0 Å². The van der Waals surface area contributed by atoms with E-state index >= 15 is 0 Å². The van der Waals surface area contributed by atoms with Crippen LogP contribution in [0.5, 0.6) is 0 Å². The van der Waals surface area contributed by atoms with Gasteiger partial charge in [-0.2, -0.15) is 0 Å². The van der Waals surface area contributed by atoms with Gasteiger partial charge in [-0.1, -0.05) is 6.92 Å². The van der Waals surface area contributed by atoms with Crippen LogP contribution in [0.15, 0.2) is 18.6 Å². The van der Waals surface area contributed by atoms with Gasteiger partial charge in [-0.3, -0.25) is 0 Å². The summed E-state index contributed by atoms with van der Waals surface area (Å²) in [5.74, 6) is 0. The second-order valence-electron chi connectivity index (χ2n) is 2.80. The monoisotopic (exact) mass is 165 g/mol. The van der Waals surface area contributed by atoms with E-state index in [2.05, 4.69) is 22.2 Å². The van der Waals surface area contributed by atoms with Crippen molar-refractivity contribution in [3.63, 3.8) is 0 Å². The molecule has 1 atom stereocenters. The Hall–Kier alpha value is -0.960. The quantitative estimate of drug-likeness (QED) is 0.723. The smallest absolute Gasteiger partial charge is 0.115 e. The first-order valence-corrected chi connectivity index (χ1v) is 4.29. The topological polar surface area (TPSA) is 37.8 Å². The number of nitrogens with zero attached hydrogens (tertiary/aromatic N) is 2. The highest BCUT2D eigenvalue weighted by Crippen LogP contribution is 2.00. The molecule has 1 unspecified atom stereocenters. The Labute approximate surface area is 73.2 Å². The summed E-state index contributed by atoms with van der Waals surface area (Å²) in [6, 6.07) is 2.49. The average Bonchev–Trinajstić information content (AvgIpc) is 2.16. The zero-order valence-electron chi connectivity index (χ0n) is 7.62. The molecule has 0 aliphatic heterocycles. The summed E-state index contributed by atoms with van der Waals surface area (Å²) in [6.07, 6.45) is 5.48. The molecule has 0 spiro atoms. The molecular weight excluding hydrogens is 150 g/mol. The van der Waals surface area contributed by atoms with E-state index in [1.807, 2.05) is 13.1 Å². The van der Waals surface area contributed by atoms with Gasteiger partial charge in [0.05, 0.1) is 0 Å². The van der Waals surface area contributed by atoms with Gasteiger partial charge in [0.15, 0.2) is 0 Å². The van der Waals surface area contributed by atoms with Crippen LogP contribution in [-0.4, -0.2) is 23.1 Å². The third-order valence-electron chi connectivity index (χ3n) is 2.00. The van der Waals surface area contributed by atoms with Gasteiger partial charge in [-0.05, 0) is 19.5 Å². The molecule has 3 nitrogen and oxygen atoms in total. The third-order valence-corrected chi connectivity index (χ3v) is 2.00. The Balaban J connectivity index is 2.51. The highest BCUT2D eigenvalue weighted by molar-refractivity contribution is 5.00. The van der Waals surface area contributed by atoms with Gasteiger partial charge in [0.2, 0.25) is 0 Å². The molecule has 1 N–H and O–H groups in total. The Morgan fingerprint density at radius 2 is 2.42 bits per heavy atom. The number of hydrogen-bond acceptors (Lipinski definition) is 3. The van der Waals surface area contributed by atoms with Crippen molar-refractivity contribution in [3.8, 4) is 0 Å². The zero-order chi connectivity index (χ0) is 8.81. The summed E-state index contributed by atoms with van der Waals surface area (Å²) in [4.78, 5) is 8.04. The molecule has 0 aliphatic rings. The van der Waals surface area contributed by atoms with E-state index in [1.165, 1.54) is 0 Å². The van der Waals surface area contributed by atoms with Crippen molar-refractivity contribution < 1.29 is 0 Å². The molecule has 1 heterocycles. The lowest BCUT2D eigenvalue weighted by Gasteiger charge is -2.12. The molecule has 66 valence electrons. The van der Waals surface area contributed by atoms with E-state index < -0.39 is 0 Å². The normalized spacial score (nSPS) is 12.8. The first kappa shape index (κ1) is 9.13. The second kappa shape index (κ2) is 4.83. The van der Waals surface area contributed by atoms with Crippen LogP contribution < -0.4 is 5.32 Å². The minimum absolute atomic E-state index is 0.528. The summed E-state index contributed by atoms with van der Waals surface area (Å²) in [6.45, 7) is 2.17. The van der Waals surface area contributed by atoms with Crippen molar-refractivity contribution >= 4 is 0 Å². The molecule has 1 rings (SSSR count). The maximum absolute atomic E-state index is 4.16. The van der Waals surface area contributed by atoms with E-state index in [9.17, 15) is 0 Å². The molecule has 0 amide bonds. The van der Waals surface area contributed by atoms with Gasteiger partial charge in [-0.25, -0.2) is 9.97 Å². The van der Waals surface area contributed by atoms with Gasteiger partial charge in [0.25, 0.3) is 0 Å². The summed E-state index contributed by atoms with van der Waals surface area (Å²) in [5, 5.41) is 3.24. The summed E-state index contributed by atoms with van der Waals surface area (Å²) in [7, 11) is 1.98. The fourth-order valence-corrected chi connectivity index (χ4v) is 1.14. The SMILES string of the molecule is CCC(Cc1ccncn1)NC. The standard InChI is InChI=1S/C9H15N3/c1-3-8(10-2)6-9-4-5-11-7-12-9/h4-5,7-8,10H,3,6H2,1-2H3. The second-order valence-corrected chi connectivity index (χ2v) is 2.80. The molecule has 0 radical (unpaired) electrons.